The molecule has 15 heteroatoms. The molecule has 48 heavy (non-hydrogen) atoms. The number of ether oxygens (including phenoxy) is 1. The molecule has 1 unspecified atom stereocenters. The normalized spacial score (nSPS) is 27.4. The summed E-state index contributed by atoms with van der Waals surface area (Å²) >= 11 is 6.22. The maximum Gasteiger partial charge on any atom is 0.408 e. The summed E-state index contributed by atoms with van der Waals surface area (Å²) in [5, 5.41) is 9.65. The maximum atomic E-state index is 14.4. The van der Waals surface area contributed by atoms with E-state index in [1.54, 1.807) is 59.7 Å². The molecule has 2 aliphatic heterocycles. The van der Waals surface area contributed by atoms with Crippen LogP contribution in [0.15, 0.2) is 42.1 Å². The highest BCUT2D eigenvalue weighted by molar-refractivity contribution is 7.91. The van der Waals surface area contributed by atoms with Gasteiger partial charge in [0.2, 0.25) is 21.8 Å². The smallest absolute Gasteiger partial charge is 0.408 e. The molecule has 4 aliphatic rings. The van der Waals surface area contributed by atoms with Crippen LogP contribution in [-0.4, -0.2) is 83.5 Å². The van der Waals surface area contributed by atoms with E-state index in [2.05, 4.69) is 27.1 Å². The lowest BCUT2D eigenvalue weighted by atomic mass is 9.85. The Morgan fingerprint density at radius 1 is 1.15 bits per heavy atom. The zero-order valence-electron chi connectivity index (χ0n) is 28.1. The second-order valence-corrected chi connectivity index (χ2v) is 17.7. The van der Waals surface area contributed by atoms with E-state index >= 15 is 0 Å². The molecular weight excluding hydrogens is 662 g/mol. The molecule has 4 amide bonds. The van der Waals surface area contributed by atoms with E-state index in [9.17, 15) is 27.6 Å². The monoisotopic (exact) mass is 705 g/mol. The van der Waals surface area contributed by atoms with Gasteiger partial charge in [0.25, 0.3) is 5.91 Å². The first-order chi connectivity index (χ1) is 22.2. The third-order valence-corrected chi connectivity index (χ3v) is 11.1. The predicted molar refractivity (Wildman–Crippen MR) is 178 cm³/mol. The van der Waals surface area contributed by atoms with Crippen LogP contribution in [-0.2, 0) is 34.0 Å². The second-order valence-electron chi connectivity index (χ2n) is 15.3. The highest BCUT2D eigenvalue weighted by atomic mass is 35.5. The van der Waals surface area contributed by atoms with Gasteiger partial charge in [-0.1, -0.05) is 55.7 Å². The molecule has 1 spiro atoms. The lowest BCUT2D eigenvalue weighted by Gasteiger charge is -2.36. The van der Waals surface area contributed by atoms with E-state index in [0.29, 0.717) is 23.6 Å². The van der Waals surface area contributed by atoms with Gasteiger partial charge in [-0.2, -0.15) is 0 Å². The number of amides is 4. The predicted octanol–water partition coefficient (Wildman–Crippen LogP) is 3.41. The van der Waals surface area contributed by atoms with Gasteiger partial charge in [0.15, 0.2) is 5.60 Å². The van der Waals surface area contributed by atoms with Crippen LogP contribution in [0.4, 0.5) is 4.79 Å². The molecule has 1 aromatic rings. The largest absolute Gasteiger partial charge is 0.444 e. The highest BCUT2D eigenvalue weighted by Gasteiger charge is 2.63. The molecule has 3 fully saturated rings. The van der Waals surface area contributed by atoms with Crippen molar-refractivity contribution in [1.82, 2.24) is 20.3 Å². The molecule has 0 radical (unpaired) electrons. The summed E-state index contributed by atoms with van der Waals surface area (Å²) in [5.74, 6) is -2.60. The first-order valence-corrected chi connectivity index (χ1v) is 17.9. The number of hydrogen-bond acceptors (Lipinski definition) is 9. The van der Waals surface area contributed by atoms with E-state index in [-0.39, 0.29) is 25.8 Å². The Labute approximate surface area is 286 Å². The Morgan fingerprint density at radius 3 is 2.40 bits per heavy atom. The Morgan fingerprint density at radius 2 is 1.83 bits per heavy atom. The summed E-state index contributed by atoms with van der Waals surface area (Å²) < 4.78 is 32.9. The van der Waals surface area contributed by atoms with Crippen molar-refractivity contribution in [2.24, 2.45) is 16.5 Å². The van der Waals surface area contributed by atoms with Crippen LogP contribution in [0, 0.1) is 11.3 Å². The van der Waals surface area contributed by atoms with Gasteiger partial charge >= 0.3 is 6.09 Å². The third-order valence-electron chi connectivity index (χ3n) is 9.01. The van der Waals surface area contributed by atoms with Crippen LogP contribution in [0.1, 0.15) is 79.2 Å². The van der Waals surface area contributed by atoms with Crippen molar-refractivity contribution in [1.29, 1.82) is 0 Å². The van der Waals surface area contributed by atoms with Crippen LogP contribution in [0.25, 0.3) is 0 Å². The quantitative estimate of drug-likeness (QED) is 0.328. The van der Waals surface area contributed by atoms with Crippen molar-refractivity contribution >= 4 is 51.2 Å². The topological polar surface area (TPSA) is 173 Å². The maximum absolute atomic E-state index is 14.4. The summed E-state index contributed by atoms with van der Waals surface area (Å²) in [5.41, 5.74) is -2.98. The summed E-state index contributed by atoms with van der Waals surface area (Å²) in [6.07, 6.45) is 2.02. The molecule has 1 saturated heterocycles. The minimum atomic E-state index is -3.89. The molecule has 2 aliphatic carbocycles. The molecule has 13 nitrogen and oxygen atoms in total. The Kier molecular flexibility index (Phi) is 9.17. The average Bonchev–Trinajstić information content (AvgIpc) is 3.87. The lowest BCUT2D eigenvalue weighted by Crippen LogP contribution is -2.60. The van der Waals surface area contributed by atoms with Crippen molar-refractivity contribution in [3.05, 3.63) is 47.5 Å². The van der Waals surface area contributed by atoms with Crippen molar-refractivity contribution in [2.45, 2.75) is 108 Å². The van der Waals surface area contributed by atoms with Gasteiger partial charge < -0.3 is 25.1 Å². The standard InChI is InChI=1S/C33H44ClN5O8S/c1-8-20-15-33(20,28(42)38-48(44,45)22-12-13-22)36-26(40)24-17-32(16-23(37-47-32)19-10-9-11-21(34)14-19)18-39(24)27(41)25(30(2,3)4)35-29(43)46-31(5,6)7/h8-11,14,20,22,24-25H,1,12-13,15-18H2,2-7H3,(H,35,43)(H,36,40)(H,38,42)/t20-,24+,25-,32-,33?/m1/s1. The van der Waals surface area contributed by atoms with Crippen molar-refractivity contribution in [3.8, 4) is 0 Å². The number of sulfonamides is 1. The van der Waals surface area contributed by atoms with Crippen molar-refractivity contribution < 1.29 is 37.2 Å². The summed E-state index contributed by atoms with van der Waals surface area (Å²) in [4.78, 5) is 62.3. The molecule has 0 bridgehead atoms. The number of likely N-dealkylation sites (tertiary alicyclic amines) is 1. The number of oxime groups is 1. The Hall–Kier alpha value is -3.65. The van der Waals surface area contributed by atoms with Crippen molar-refractivity contribution in [3.63, 3.8) is 0 Å². The first-order valence-electron chi connectivity index (χ1n) is 16.0. The molecule has 2 saturated carbocycles. The summed E-state index contributed by atoms with van der Waals surface area (Å²) in [6.45, 7) is 14.1. The third kappa shape index (κ3) is 7.49. The molecule has 5 rings (SSSR count). The molecule has 262 valence electrons. The van der Waals surface area contributed by atoms with Crippen LogP contribution in [0.5, 0.6) is 0 Å². The number of rotatable bonds is 9. The number of benzene rings is 1. The van der Waals surface area contributed by atoms with Gasteiger partial charge in [-0.25, -0.2) is 13.2 Å². The second kappa shape index (κ2) is 12.3. The van der Waals surface area contributed by atoms with E-state index in [4.69, 9.17) is 21.2 Å². The Balaban J connectivity index is 1.44. The number of carbonyl (C=O) groups is 4. The summed E-state index contributed by atoms with van der Waals surface area (Å²) in [6, 6.07) is 4.81. The number of alkyl carbamates (subject to hydrolysis) is 1. The van der Waals surface area contributed by atoms with Gasteiger partial charge in [0.1, 0.15) is 23.2 Å². The highest BCUT2D eigenvalue weighted by Crippen LogP contribution is 2.46. The zero-order chi connectivity index (χ0) is 35.4. The van der Waals surface area contributed by atoms with Crippen LogP contribution < -0.4 is 15.4 Å². The van der Waals surface area contributed by atoms with Gasteiger partial charge in [0, 0.05) is 29.3 Å². The number of nitrogens with zero attached hydrogens (tertiary/aromatic N) is 2. The minimum Gasteiger partial charge on any atom is -0.444 e. The molecule has 3 N–H and O–H groups in total. The fourth-order valence-corrected chi connectivity index (χ4v) is 7.77. The number of nitrogens with one attached hydrogen (secondary N) is 3. The summed E-state index contributed by atoms with van der Waals surface area (Å²) in [7, 11) is -3.89. The number of hydrogen-bond donors (Lipinski definition) is 3. The van der Waals surface area contributed by atoms with E-state index in [0.717, 1.165) is 5.56 Å². The van der Waals surface area contributed by atoms with Gasteiger partial charge in [0.05, 0.1) is 17.5 Å². The minimum absolute atomic E-state index is 0.0122. The van der Waals surface area contributed by atoms with E-state index < -0.39 is 79.2 Å². The lowest BCUT2D eigenvalue weighted by molar-refractivity contribution is -0.143. The SMILES string of the molecule is C=C[C@@H]1CC1(NC(=O)[C@@H]1C[C@]2(CC(c3cccc(Cl)c3)=NO2)CN1C(=O)[C@@H](NC(=O)OC(C)(C)C)C(C)(C)C)C(=O)NS(=O)(=O)C1CC1. The number of carbonyl (C=O) groups excluding carboxylic acids is 4. The molecule has 5 atom stereocenters. The van der Waals surface area contributed by atoms with Gasteiger partial charge in [-0.15, -0.1) is 6.58 Å². The van der Waals surface area contributed by atoms with E-state index in [1.807, 2.05) is 6.07 Å². The average molecular weight is 706 g/mol. The fraction of sp³-hybridized carbons (Fsp3) is 0.606. The van der Waals surface area contributed by atoms with Crippen LogP contribution in [0.2, 0.25) is 5.02 Å². The van der Waals surface area contributed by atoms with E-state index in [1.165, 1.54) is 11.0 Å². The first kappa shape index (κ1) is 35.7. The van der Waals surface area contributed by atoms with Gasteiger partial charge in [-0.3, -0.25) is 19.1 Å². The van der Waals surface area contributed by atoms with Crippen LogP contribution >= 0.6 is 11.6 Å². The molecule has 0 aromatic heterocycles. The molecular formula is C33H44ClN5O8S. The molecule has 2 heterocycles. The number of halogens is 1. The zero-order valence-corrected chi connectivity index (χ0v) is 29.7. The fourth-order valence-electron chi connectivity index (χ4n) is 6.21. The van der Waals surface area contributed by atoms with Gasteiger partial charge in [-0.05, 0) is 57.6 Å². The van der Waals surface area contributed by atoms with Crippen molar-refractivity contribution in [2.75, 3.05) is 6.54 Å². The Bertz CT molecular complexity index is 1660. The molecule has 1 aromatic carbocycles. The van der Waals surface area contributed by atoms with Crippen LogP contribution in [0.3, 0.4) is 0 Å².